The zero-order valence-corrected chi connectivity index (χ0v) is 10.3. The molecule has 6 nitrogen and oxygen atoms in total. The molecule has 0 aliphatic heterocycles. The highest BCUT2D eigenvalue weighted by Gasteiger charge is 2.08. The average molecular weight is 259 g/mol. The molecule has 0 aliphatic carbocycles. The van der Waals surface area contributed by atoms with Gasteiger partial charge in [0.2, 0.25) is 0 Å². The van der Waals surface area contributed by atoms with Crippen molar-refractivity contribution in [1.82, 2.24) is 15.5 Å². The summed E-state index contributed by atoms with van der Waals surface area (Å²) in [5.74, 6) is -0.799. The average Bonchev–Trinajstić information content (AvgIpc) is 2.98. The molecule has 1 heterocycles. The van der Waals surface area contributed by atoms with E-state index in [1.807, 2.05) is 12.1 Å². The van der Waals surface area contributed by atoms with E-state index in [2.05, 4.69) is 20.3 Å². The van der Waals surface area contributed by atoms with Crippen molar-refractivity contribution in [1.29, 1.82) is 0 Å². The molecule has 0 spiro atoms. The Morgan fingerprint density at radius 1 is 1.26 bits per heavy atom. The first-order chi connectivity index (χ1) is 9.20. The molecule has 0 unspecified atom stereocenters. The molecular weight excluding hydrogens is 246 g/mol. The fraction of sp³-hybridized carbons (Fsp3) is 0.154. The topological polar surface area (TPSA) is 84.1 Å². The van der Waals surface area contributed by atoms with Crippen molar-refractivity contribution in [2.24, 2.45) is 0 Å². The van der Waals surface area contributed by atoms with Crippen LogP contribution in [0.1, 0.15) is 10.4 Å². The number of H-pyrrole nitrogens is 1. The summed E-state index contributed by atoms with van der Waals surface area (Å²) < 4.78 is 4.44. The minimum Gasteiger partial charge on any atom is -0.468 e. The van der Waals surface area contributed by atoms with Gasteiger partial charge in [-0.15, -0.1) is 0 Å². The third kappa shape index (κ3) is 3.19. The number of ether oxygens (including phenoxy) is 1. The molecule has 2 N–H and O–H groups in total. The van der Waals surface area contributed by atoms with Gasteiger partial charge in [0.05, 0.1) is 13.3 Å². The summed E-state index contributed by atoms with van der Waals surface area (Å²) >= 11 is 0. The Kier molecular flexibility index (Phi) is 3.92. The summed E-state index contributed by atoms with van der Waals surface area (Å²) in [7, 11) is 1.27. The molecule has 0 aliphatic rings. The molecule has 0 radical (unpaired) electrons. The third-order valence-corrected chi connectivity index (χ3v) is 2.60. The highest BCUT2D eigenvalue weighted by Crippen LogP contribution is 2.17. The molecule has 2 aromatic rings. The zero-order chi connectivity index (χ0) is 13.7. The Bertz CT molecular complexity index is 561. The first kappa shape index (κ1) is 12.8. The molecule has 1 aromatic carbocycles. The smallest absolute Gasteiger partial charge is 0.325 e. The summed E-state index contributed by atoms with van der Waals surface area (Å²) in [6.45, 7) is -0.140. The number of benzene rings is 1. The van der Waals surface area contributed by atoms with Gasteiger partial charge in [0, 0.05) is 17.3 Å². The lowest BCUT2D eigenvalue weighted by molar-refractivity contribution is -0.139. The van der Waals surface area contributed by atoms with E-state index in [0.717, 1.165) is 11.1 Å². The second-order valence-electron chi connectivity index (χ2n) is 3.82. The molecule has 19 heavy (non-hydrogen) atoms. The third-order valence-electron chi connectivity index (χ3n) is 2.60. The standard InChI is InChI=1S/C13H13N3O3/c1-19-12(17)8-14-13(18)10-4-2-9(3-5-10)11-6-15-16-7-11/h2-7H,8H2,1H3,(H,14,18)(H,15,16). The fourth-order valence-electron chi connectivity index (χ4n) is 1.55. The number of nitrogens with one attached hydrogen (secondary N) is 2. The van der Waals surface area contributed by atoms with Crippen molar-refractivity contribution in [3.8, 4) is 11.1 Å². The number of amides is 1. The molecule has 1 amide bonds. The molecule has 0 atom stereocenters. The number of carbonyl (C=O) groups is 2. The van der Waals surface area contributed by atoms with Crippen LogP contribution in [0.25, 0.3) is 11.1 Å². The van der Waals surface area contributed by atoms with Crippen LogP contribution in [0.3, 0.4) is 0 Å². The Hall–Kier alpha value is -2.63. The van der Waals surface area contributed by atoms with Gasteiger partial charge in [-0.3, -0.25) is 14.7 Å². The number of rotatable bonds is 4. The van der Waals surface area contributed by atoms with E-state index in [4.69, 9.17) is 0 Å². The van der Waals surface area contributed by atoms with E-state index >= 15 is 0 Å². The number of hydrogen-bond donors (Lipinski definition) is 2. The molecule has 2 rings (SSSR count). The Labute approximate surface area is 109 Å². The van der Waals surface area contributed by atoms with Gasteiger partial charge < -0.3 is 10.1 Å². The summed E-state index contributed by atoms with van der Waals surface area (Å²) in [4.78, 5) is 22.6. The van der Waals surface area contributed by atoms with Gasteiger partial charge in [-0.1, -0.05) is 12.1 Å². The van der Waals surface area contributed by atoms with E-state index < -0.39 is 5.97 Å². The van der Waals surface area contributed by atoms with E-state index in [1.165, 1.54) is 7.11 Å². The van der Waals surface area contributed by atoms with Crippen LogP contribution in [0.15, 0.2) is 36.7 Å². The van der Waals surface area contributed by atoms with Crippen LogP contribution in [-0.4, -0.2) is 35.7 Å². The Balaban J connectivity index is 2.02. The predicted octanol–water partition coefficient (Wildman–Crippen LogP) is 0.979. The number of aromatic nitrogens is 2. The maximum atomic E-state index is 11.7. The van der Waals surface area contributed by atoms with Crippen molar-refractivity contribution in [2.75, 3.05) is 13.7 Å². The van der Waals surface area contributed by atoms with Gasteiger partial charge in [-0.2, -0.15) is 5.10 Å². The molecule has 0 saturated carbocycles. The second-order valence-corrected chi connectivity index (χ2v) is 3.82. The van der Waals surface area contributed by atoms with E-state index in [1.54, 1.807) is 24.5 Å². The molecule has 0 fully saturated rings. The van der Waals surface area contributed by atoms with Crippen molar-refractivity contribution < 1.29 is 14.3 Å². The lowest BCUT2D eigenvalue weighted by Crippen LogP contribution is -2.30. The van der Waals surface area contributed by atoms with Crippen LogP contribution in [0, 0.1) is 0 Å². The minimum absolute atomic E-state index is 0.140. The van der Waals surface area contributed by atoms with Crippen LogP contribution in [-0.2, 0) is 9.53 Å². The molecular formula is C13H13N3O3. The molecule has 98 valence electrons. The minimum atomic E-state index is -0.483. The summed E-state index contributed by atoms with van der Waals surface area (Å²) in [6.07, 6.45) is 3.47. The number of aromatic amines is 1. The zero-order valence-electron chi connectivity index (χ0n) is 10.3. The Morgan fingerprint density at radius 2 is 2.00 bits per heavy atom. The van der Waals surface area contributed by atoms with E-state index in [0.29, 0.717) is 5.56 Å². The van der Waals surface area contributed by atoms with Crippen LogP contribution in [0.4, 0.5) is 0 Å². The highest BCUT2D eigenvalue weighted by molar-refractivity contribution is 5.96. The molecule has 0 saturated heterocycles. The van der Waals surface area contributed by atoms with Gasteiger partial charge in [0.1, 0.15) is 6.54 Å². The number of hydrogen-bond acceptors (Lipinski definition) is 4. The number of esters is 1. The van der Waals surface area contributed by atoms with Crippen molar-refractivity contribution in [2.45, 2.75) is 0 Å². The van der Waals surface area contributed by atoms with Crippen LogP contribution >= 0.6 is 0 Å². The van der Waals surface area contributed by atoms with Crippen molar-refractivity contribution in [3.63, 3.8) is 0 Å². The maximum absolute atomic E-state index is 11.7. The predicted molar refractivity (Wildman–Crippen MR) is 68.4 cm³/mol. The van der Waals surface area contributed by atoms with Gasteiger partial charge in [0.25, 0.3) is 5.91 Å². The summed E-state index contributed by atoms with van der Waals surface area (Å²) in [6, 6.07) is 7.01. The number of carbonyl (C=O) groups excluding carboxylic acids is 2. The quantitative estimate of drug-likeness (QED) is 0.802. The van der Waals surface area contributed by atoms with Crippen LogP contribution in [0.5, 0.6) is 0 Å². The lowest BCUT2D eigenvalue weighted by atomic mass is 10.1. The van der Waals surface area contributed by atoms with Crippen LogP contribution in [0.2, 0.25) is 0 Å². The highest BCUT2D eigenvalue weighted by atomic mass is 16.5. The second kappa shape index (κ2) is 5.81. The molecule has 0 bridgehead atoms. The van der Waals surface area contributed by atoms with E-state index in [-0.39, 0.29) is 12.5 Å². The normalized spacial score (nSPS) is 9.95. The van der Waals surface area contributed by atoms with Crippen molar-refractivity contribution in [3.05, 3.63) is 42.2 Å². The molecule has 1 aromatic heterocycles. The fourth-order valence-corrected chi connectivity index (χ4v) is 1.55. The van der Waals surface area contributed by atoms with Gasteiger partial charge in [-0.05, 0) is 17.7 Å². The van der Waals surface area contributed by atoms with Crippen LogP contribution < -0.4 is 5.32 Å². The largest absolute Gasteiger partial charge is 0.468 e. The first-order valence-corrected chi connectivity index (χ1v) is 5.65. The molecule has 6 heteroatoms. The van der Waals surface area contributed by atoms with Gasteiger partial charge >= 0.3 is 5.97 Å². The summed E-state index contributed by atoms with van der Waals surface area (Å²) in [5.41, 5.74) is 2.39. The first-order valence-electron chi connectivity index (χ1n) is 5.65. The number of nitrogens with zero attached hydrogens (tertiary/aromatic N) is 1. The van der Waals surface area contributed by atoms with Crippen molar-refractivity contribution >= 4 is 11.9 Å². The Morgan fingerprint density at radius 3 is 2.58 bits per heavy atom. The number of methoxy groups -OCH3 is 1. The van der Waals surface area contributed by atoms with E-state index in [9.17, 15) is 9.59 Å². The maximum Gasteiger partial charge on any atom is 0.325 e. The van der Waals surface area contributed by atoms with Gasteiger partial charge in [0.15, 0.2) is 0 Å². The van der Waals surface area contributed by atoms with Gasteiger partial charge in [-0.25, -0.2) is 0 Å². The summed E-state index contributed by atoms with van der Waals surface area (Å²) in [5, 5.41) is 9.05. The SMILES string of the molecule is COC(=O)CNC(=O)c1ccc(-c2cn[nH]c2)cc1. The monoisotopic (exact) mass is 259 g/mol. The lowest BCUT2D eigenvalue weighted by Gasteiger charge is -2.04.